The van der Waals surface area contributed by atoms with Crippen molar-refractivity contribution < 1.29 is 0 Å². The summed E-state index contributed by atoms with van der Waals surface area (Å²) in [4.78, 5) is 8.91. The normalized spacial score (nSPS) is 10.6. The number of anilines is 2. The van der Waals surface area contributed by atoms with Crippen molar-refractivity contribution >= 4 is 34.8 Å². The van der Waals surface area contributed by atoms with Crippen LogP contribution in [0, 0.1) is 6.92 Å². The van der Waals surface area contributed by atoms with Crippen molar-refractivity contribution in [2.45, 2.75) is 6.92 Å². The second kappa shape index (κ2) is 4.32. The van der Waals surface area contributed by atoms with Gasteiger partial charge in [-0.15, -0.1) is 0 Å². The molecule has 1 N–H and O–H groups in total. The van der Waals surface area contributed by atoms with E-state index >= 15 is 0 Å². The SMILES string of the molecule is Cc1ccccc1Nc1nc2cccnc2[se]1. The monoisotopic (exact) mass is 289 g/mol. The van der Waals surface area contributed by atoms with Gasteiger partial charge in [-0.1, -0.05) is 0 Å². The van der Waals surface area contributed by atoms with E-state index in [0.717, 1.165) is 20.3 Å². The molecule has 3 nitrogen and oxygen atoms in total. The van der Waals surface area contributed by atoms with Gasteiger partial charge in [-0.25, -0.2) is 0 Å². The summed E-state index contributed by atoms with van der Waals surface area (Å²) in [5.41, 5.74) is 3.36. The Hall–Kier alpha value is -1.64. The molecule has 0 aliphatic heterocycles. The maximum absolute atomic E-state index is 4.56. The summed E-state index contributed by atoms with van der Waals surface area (Å²) < 4.78 is 2.14. The minimum atomic E-state index is 0.193. The van der Waals surface area contributed by atoms with Gasteiger partial charge in [0, 0.05) is 0 Å². The third-order valence-electron chi connectivity index (χ3n) is 2.55. The summed E-state index contributed by atoms with van der Waals surface area (Å²) in [5.74, 6) is 0. The molecule has 2 heterocycles. The molecule has 4 heteroatoms. The summed E-state index contributed by atoms with van der Waals surface area (Å²) in [7, 11) is 0. The van der Waals surface area contributed by atoms with Crippen LogP contribution in [0.1, 0.15) is 5.56 Å². The molecule has 0 saturated heterocycles. The number of aromatic nitrogens is 2. The van der Waals surface area contributed by atoms with E-state index < -0.39 is 0 Å². The topological polar surface area (TPSA) is 37.8 Å². The summed E-state index contributed by atoms with van der Waals surface area (Å²) in [5, 5.41) is 3.39. The fourth-order valence-electron chi connectivity index (χ4n) is 1.65. The fourth-order valence-corrected chi connectivity index (χ4v) is 3.37. The Morgan fingerprint density at radius 2 is 2.00 bits per heavy atom. The molecule has 3 aromatic rings. The third kappa shape index (κ3) is 2.09. The van der Waals surface area contributed by atoms with Crippen LogP contribution in [0.15, 0.2) is 42.6 Å². The molecular formula is C13H11N3Se. The number of rotatable bonds is 2. The van der Waals surface area contributed by atoms with Gasteiger partial charge >= 0.3 is 105 Å². The van der Waals surface area contributed by atoms with Gasteiger partial charge in [0.1, 0.15) is 0 Å². The fraction of sp³-hybridized carbons (Fsp3) is 0.0769. The first kappa shape index (κ1) is 10.5. The molecule has 0 aliphatic carbocycles. The van der Waals surface area contributed by atoms with Crippen LogP contribution in [0.5, 0.6) is 0 Å². The first-order valence-electron chi connectivity index (χ1n) is 5.37. The van der Waals surface area contributed by atoms with Gasteiger partial charge in [0.25, 0.3) is 0 Å². The van der Waals surface area contributed by atoms with E-state index in [-0.39, 0.29) is 14.5 Å². The molecule has 0 fully saturated rings. The quantitative estimate of drug-likeness (QED) is 0.737. The predicted molar refractivity (Wildman–Crippen MR) is 70.9 cm³/mol. The van der Waals surface area contributed by atoms with Crippen molar-refractivity contribution in [1.29, 1.82) is 0 Å². The number of nitrogens with one attached hydrogen (secondary N) is 1. The second-order valence-electron chi connectivity index (χ2n) is 3.79. The summed E-state index contributed by atoms with van der Waals surface area (Å²) >= 11 is 0.193. The Balaban J connectivity index is 1.98. The van der Waals surface area contributed by atoms with E-state index in [9.17, 15) is 0 Å². The van der Waals surface area contributed by atoms with E-state index in [1.165, 1.54) is 5.56 Å². The zero-order valence-corrected chi connectivity index (χ0v) is 11.1. The van der Waals surface area contributed by atoms with Gasteiger partial charge in [0.15, 0.2) is 0 Å². The van der Waals surface area contributed by atoms with Crippen molar-refractivity contribution in [3.8, 4) is 0 Å². The molecule has 0 atom stereocenters. The van der Waals surface area contributed by atoms with Crippen LogP contribution >= 0.6 is 0 Å². The number of nitrogens with zero attached hydrogens (tertiary/aromatic N) is 2. The summed E-state index contributed by atoms with van der Waals surface area (Å²) in [6.45, 7) is 2.09. The molecule has 0 amide bonds. The van der Waals surface area contributed by atoms with E-state index in [2.05, 4.69) is 34.3 Å². The number of hydrogen-bond acceptors (Lipinski definition) is 3. The maximum atomic E-state index is 4.56. The van der Waals surface area contributed by atoms with Gasteiger partial charge in [0.05, 0.1) is 0 Å². The second-order valence-corrected chi connectivity index (χ2v) is 5.84. The van der Waals surface area contributed by atoms with Crippen LogP contribution in [0.2, 0.25) is 0 Å². The first-order chi connectivity index (χ1) is 8.33. The molecule has 0 unspecified atom stereocenters. The van der Waals surface area contributed by atoms with Gasteiger partial charge in [-0.05, 0) is 0 Å². The predicted octanol–water partition coefficient (Wildman–Crippen LogP) is 2.74. The number of fused-ring (bicyclic) bond motifs is 1. The van der Waals surface area contributed by atoms with Gasteiger partial charge in [0.2, 0.25) is 0 Å². The average Bonchev–Trinajstić information content (AvgIpc) is 2.74. The molecule has 0 spiro atoms. The van der Waals surface area contributed by atoms with Crippen molar-refractivity contribution in [2.24, 2.45) is 0 Å². The van der Waals surface area contributed by atoms with Crippen molar-refractivity contribution in [3.63, 3.8) is 0 Å². The summed E-state index contributed by atoms with van der Waals surface area (Å²) in [6, 6.07) is 12.2. The zero-order valence-electron chi connectivity index (χ0n) is 9.34. The third-order valence-corrected chi connectivity index (χ3v) is 4.43. The van der Waals surface area contributed by atoms with E-state index in [0.29, 0.717) is 0 Å². The van der Waals surface area contributed by atoms with E-state index in [1.54, 1.807) is 0 Å². The molecule has 0 radical (unpaired) electrons. The van der Waals surface area contributed by atoms with Crippen LogP contribution in [-0.2, 0) is 0 Å². The molecule has 17 heavy (non-hydrogen) atoms. The minimum absolute atomic E-state index is 0.193. The number of aryl methyl sites for hydroxylation is 1. The molecule has 1 aromatic carbocycles. The summed E-state index contributed by atoms with van der Waals surface area (Å²) in [6.07, 6.45) is 1.83. The van der Waals surface area contributed by atoms with Crippen LogP contribution in [0.25, 0.3) is 9.91 Å². The average molecular weight is 288 g/mol. The molecule has 0 aliphatic rings. The van der Waals surface area contributed by atoms with Gasteiger partial charge < -0.3 is 0 Å². The molecule has 0 saturated carbocycles. The van der Waals surface area contributed by atoms with Crippen LogP contribution in [0.4, 0.5) is 10.4 Å². The number of hydrogen-bond donors (Lipinski definition) is 1. The Morgan fingerprint density at radius 1 is 1.12 bits per heavy atom. The number of para-hydroxylation sites is 1. The molecule has 84 valence electrons. The van der Waals surface area contributed by atoms with Gasteiger partial charge in [-0.2, -0.15) is 0 Å². The Bertz CT molecular complexity index is 627. The van der Waals surface area contributed by atoms with Crippen molar-refractivity contribution in [2.75, 3.05) is 5.32 Å². The van der Waals surface area contributed by atoms with Crippen molar-refractivity contribution in [3.05, 3.63) is 48.2 Å². The van der Waals surface area contributed by atoms with Gasteiger partial charge in [-0.3, -0.25) is 0 Å². The van der Waals surface area contributed by atoms with Crippen molar-refractivity contribution in [1.82, 2.24) is 9.97 Å². The Morgan fingerprint density at radius 3 is 2.82 bits per heavy atom. The molecule has 0 bridgehead atoms. The van der Waals surface area contributed by atoms with E-state index in [4.69, 9.17) is 0 Å². The molecule has 2 aromatic heterocycles. The first-order valence-corrected chi connectivity index (χ1v) is 7.08. The number of benzene rings is 1. The van der Waals surface area contributed by atoms with Crippen LogP contribution in [0.3, 0.4) is 0 Å². The Kier molecular flexibility index (Phi) is 2.67. The molecule has 3 rings (SSSR count). The van der Waals surface area contributed by atoms with E-state index in [1.807, 2.05) is 30.5 Å². The molecular weight excluding hydrogens is 277 g/mol. The van der Waals surface area contributed by atoms with Crippen LogP contribution in [-0.4, -0.2) is 24.5 Å². The Labute approximate surface area is 105 Å². The zero-order chi connectivity index (χ0) is 11.7. The standard InChI is InChI=1S/C13H11N3Se/c1-9-5-2-3-6-10(9)15-13-16-11-7-4-8-14-12(11)17-13/h2-8H,1H3,(H,15,16). The van der Waals surface area contributed by atoms with Crippen LogP contribution < -0.4 is 5.32 Å². The number of pyridine rings is 1.